The molecular weight excluding hydrogens is 272 g/mol. The van der Waals surface area contributed by atoms with Crippen LogP contribution >= 0.6 is 0 Å². The van der Waals surface area contributed by atoms with E-state index in [0.717, 1.165) is 11.1 Å². The average Bonchev–Trinajstić information content (AvgIpc) is 2.46. The van der Waals surface area contributed by atoms with Gasteiger partial charge in [-0.3, -0.25) is 0 Å². The Kier molecular flexibility index (Phi) is 3.25. The second-order valence-electron chi connectivity index (χ2n) is 4.77. The summed E-state index contributed by atoms with van der Waals surface area (Å²) in [6, 6.07) is 8.81. The zero-order valence-electron chi connectivity index (χ0n) is 11.6. The topological polar surface area (TPSA) is 37.8 Å². The number of fused-ring (bicyclic) bond motifs is 1. The zero-order valence-corrected chi connectivity index (χ0v) is 11.6. The Bertz CT molecular complexity index is 831. The predicted molar refractivity (Wildman–Crippen MR) is 79.2 cm³/mol. The van der Waals surface area contributed by atoms with Crippen LogP contribution in [0.2, 0.25) is 0 Å². The van der Waals surface area contributed by atoms with Gasteiger partial charge >= 0.3 is 0 Å². The quantitative estimate of drug-likeness (QED) is 0.775. The maximum atomic E-state index is 13.4. The number of aryl methyl sites for hydroxylation is 1. The van der Waals surface area contributed by atoms with E-state index < -0.39 is 0 Å². The molecule has 2 aromatic carbocycles. The Morgan fingerprint density at radius 3 is 2.38 bits per heavy atom. The molecule has 0 amide bonds. The van der Waals surface area contributed by atoms with Gasteiger partial charge in [-0.2, -0.15) is 0 Å². The maximum Gasteiger partial charge on any atom is 0.162 e. The molecule has 0 unspecified atom stereocenters. The number of halogens is 2. The minimum Gasteiger partial charge on any atom is -0.373 e. The first-order chi connectivity index (χ1) is 10.1. The number of hydrogen-bond acceptors (Lipinski definition) is 3. The Morgan fingerprint density at radius 2 is 1.67 bits per heavy atom. The number of nitrogens with zero attached hydrogens (tertiary/aromatic N) is 2. The third-order valence-electron chi connectivity index (χ3n) is 3.32. The van der Waals surface area contributed by atoms with Crippen molar-refractivity contribution in [2.24, 2.45) is 0 Å². The number of aromatic nitrogens is 2. The molecule has 0 fully saturated rings. The molecule has 0 aliphatic heterocycles. The molecule has 0 aliphatic carbocycles. The van der Waals surface area contributed by atoms with Crippen molar-refractivity contribution in [2.75, 3.05) is 12.4 Å². The summed E-state index contributed by atoms with van der Waals surface area (Å²) in [6.45, 7) is 1.80. The van der Waals surface area contributed by atoms with Crippen LogP contribution in [-0.4, -0.2) is 17.0 Å². The molecule has 0 saturated heterocycles. The van der Waals surface area contributed by atoms with E-state index in [1.807, 2.05) is 0 Å². The van der Waals surface area contributed by atoms with Crippen LogP contribution in [0, 0.1) is 18.6 Å². The molecule has 3 aromatic rings. The lowest BCUT2D eigenvalue weighted by Gasteiger charge is -2.10. The van der Waals surface area contributed by atoms with Crippen molar-refractivity contribution >= 4 is 16.7 Å². The van der Waals surface area contributed by atoms with Crippen molar-refractivity contribution in [1.29, 1.82) is 0 Å². The molecule has 1 heterocycles. The van der Waals surface area contributed by atoms with Crippen LogP contribution in [0.1, 0.15) is 5.56 Å². The van der Waals surface area contributed by atoms with Gasteiger partial charge in [-0.25, -0.2) is 18.7 Å². The lowest BCUT2D eigenvalue weighted by molar-refractivity contribution is 0.626. The Labute approximate surface area is 120 Å². The number of nitrogens with one attached hydrogen (secondary N) is 1. The Hall–Kier alpha value is -2.56. The molecule has 5 heteroatoms. The highest BCUT2D eigenvalue weighted by molar-refractivity contribution is 5.90. The van der Waals surface area contributed by atoms with Crippen LogP contribution < -0.4 is 5.32 Å². The molecule has 0 aliphatic rings. The van der Waals surface area contributed by atoms with Crippen molar-refractivity contribution in [3.05, 3.63) is 53.6 Å². The minimum atomic E-state index is -0.340. The first-order valence-electron chi connectivity index (χ1n) is 6.50. The zero-order chi connectivity index (χ0) is 15.0. The fourth-order valence-corrected chi connectivity index (χ4v) is 2.29. The molecule has 3 rings (SSSR count). The molecule has 0 spiro atoms. The normalized spacial score (nSPS) is 10.9. The molecule has 0 saturated carbocycles. The van der Waals surface area contributed by atoms with E-state index in [2.05, 4.69) is 15.3 Å². The molecule has 1 N–H and O–H groups in total. The molecule has 1 aromatic heterocycles. The van der Waals surface area contributed by atoms with Crippen molar-refractivity contribution < 1.29 is 8.78 Å². The Balaban J connectivity index is 2.26. The summed E-state index contributed by atoms with van der Waals surface area (Å²) in [5.74, 6) is 0.385. The van der Waals surface area contributed by atoms with Gasteiger partial charge in [0.1, 0.15) is 17.5 Å². The van der Waals surface area contributed by atoms with Crippen LogP contribution in [0.4, 0.5) is 14.6 Å². The second-order valence-corrected chi connectivity index (χ2v) is 4.77. The van der Waals surface area contributed by atoms with Gasteiger partial charge in [0.2, 0.25) is 0 Å². The lowest BCUT2D eigenvalue weighted by atomic mass is 10.1. The van der Waals surface area contributed by atoms with Gasteiger partial charge in [0.15, 0.2) is 5.82 Å². The summed E-state index contributed by atoms with van der Waals surface area (Å²) < 4.78 is 26.6. The Morgan fingerprint density at radius 1 is 0.952 bits per heavy atom. The first-order valence-corrected chi connectivity index (χ1v) is 6.50. The van der Waals surface area contributed by atoms with Crippen molar-refractivity contribution in [2.45, 2.75) is 6.92 Å². The fourth-order valence-electron chi connectivity index (χ4n) is 2.29. The van der Waals surface area contributed by atoms with Crippen molar-refractivity contribution in [3.63, 3.8) is 0 Å². The average molecular weight is 285 g/mol. The lowest BCUT2D eigenvalue weighted by Crippen LogP contribution is -2.00. The van der Waals surface area contributed by atoms with Gasteiger partial charge < -0.3 is 5.32 Å². The highest BCUT2D eigenvalue weighted by Gasteiger charge is 2.11. The van der Waals surface area contributed by atoms with E-state index in [9.17, 15) is 8.78 Å². The van der Waals surface area contributed by atoms with Crippen LogP contribution in [0.25, 0.3) is 22.3 Å². The SMILES string of the molecule is CNc1nc(-c2ccc(F)cc2C)nc2ccc(F)cc12. The fraction of sp³-hybridized carbons (Fsp3) is 0.125. The van der Waals surface area contributed by atoms with E-state index in [1.165, 1.54) is 24.3 Å². The van der Waals surface area contributed by atoms with Gasteiger partial charge in [-0.1, -0.05) is 0 Å². The van der Waals surface area contributed by atoms with Gasteiger partial charge in [-0.15, -0.1) is 0 Å². The molecule has 0 bridgehead atoms. The minimum absolute atomic E-state index is 0.298. The monoisotopic (exact) mass is 285 g/mol. The molecule has 0 radical (unpaired) electrons. The number of benzene rings is 2. The highest BCUT2D eigenvalue weighted by atomic mass is 19.1. The van der Waals surface area contributed by atoms with Gasteiger partial charge in [-0.05, 0) is 48.9 Å². The second kappa shape index (κ2) is 5.09. The number of anilines is 1. The van der Waals surface area contributed by atoms with Crippen LogP contribution in [-0.2, 0) is 0 Å². The maximum absolute atomic E-state index is 13.4. The molecule has 106 valence electrons. The van der Waals surface area contributed by atoms with Crippen LogP contribution in [0.15, 0.2) is 36.4 Å². The van der Waals surface area contributed by atoms with Gasteiger partial charge in [0.25, 0.3) is 0 Å². The summed E-state index contributed by atoms with van der Waals surface area (Å²) in [5.41, 5.74) is 2.13. The number of hydrogen-bond donors (Lipinski definition) is 1. The summed E-state index contributed by atoms with van der Waals surface area (Å²) in [6.07, 6.45) is 0. The third-order valence-corrected chi connectivity index (χ3v) is 3.32. The van der Waals surface area contributed by atoms with Crippen molar-refractivity contribution in [3.8, 4) is 11.4 Å². The smallest absolute Gasteiger partial charge is 0.162 e. The van der Waals surface area contributed by atoms with Gasteiger partial charge in [0.05, 0.1) is 5.52 Å². The van der Waals surface area contributed by atoms with E-state index in [1.54, 1.807) is 26.1 Å². The van der Waals surface area contributed by atoms with E-state index >= 15 is 0 Å². The molecule has 0 atom stereocenters. The standard InChI is InChI=1S/C16H13F2N3/c1-9-7-10(17)3-5-12(9)16-20-14-6-4-11(18)8-13(14)15(19-2)21-16/h3-8H,1-2H3,(H,19,20,21). The van der Waals surface area contributed by atoms with E-state index in [-0.39, 0.29) is 11.6 Å². The largest absolute Gasteiger partial charge is 0.373 e. The predicted octanol–water partition coefficient (Wildman–Crippen LogP) is 3.93. The van der Waals surface area contributed by atoms with Crippen LogP contribution in [0.3, 0.4) is 0 Å². The summed E-state index contributed by atoms with van der Waals surface area (Å²) >= 11 is 0. The summed E-state index contributed by atoms with van der Waals surface area (Å²) in [5, 5.41) is 3.56. The molecule has 21 heavy (non-hydrogen) atoms. The van der Waals surface area contributed by atoms with E-state index in [4.69, 9.17) is 0 Å². The highest BCUT2D eigenvalue weighted by Crippen LogP contribution is 2.27. The summed E-state index contributed by atoms with van der Waals surface area (Å²) in [4.78, 5) is 8.86. The van der Waals surface area contributed by atoms with Gasteiger partial charge in [0, 0.05) is 18.0 Å². The first kappa shape index (κ1) is 13.4. The third kappa shape index (κ3) is 2.42. The molecular formula is C16H13F2N3. The van der Waals surface area contributed by atoms with Crippen LogP contribution in [0.5, 0.6) is 0 Å². The van der Waals surface area contributed by atoms with E-state index in [0.29, 0.717) is 22.5 Å². The van der Waals surface area contributed by atoms with Crippen molar-refractivity contribution in [1.82, 2.24) is 9.97 Å². The summed E-state index contributed by atoms with van der Waals surface area (Å²) in [7, 11) is 1.72. The molecule has 3 nitrogen and oxygen atoms in total. The number of rotatable bonds is 2.